The van der Waals surface area contributed by atoms with Crippen molar-refractivity contribution >= 4 is 39.3 Å². The first-order chi connectivity index (χ1) is 14.3. The Morgan fingerprint density at radius 2 is 2.17 bits per heavy atom. The predicted molar refractivity (Wildman–Crippen MR) is 111 cm³/mol. The van der Waals surface area contributed by atoms with Gasteiger partial charge in [-0.05, 0) is 41.1 Å². The number of benzene rings is 1. The van der Waals surface area contributed by atoms with E-state index in [0.29, 0.717) is 29.1 Å². The minimum absolute atomic E-state index is 0.153. The molecule has 1 unspecified atom stereocenters. The monoisotopic (exact) mass is 478 g/mol. The van der Waals surface area contributed by atoms with Gasteiger partial charge in [0.15, 0.2) is 0 Å². The maximum absolute atomic E-state index is 13.5. The maximum atomic E-state index is 13.5. The molecule has 3 amide bonds. The van der Waals surface area contributed by atoms with E-state index in [2.05, 4.69) is 31.4 Å². The minimum Gasteiger partial charge on any atom is -0.390 e. The van der Waals surface area contributed by atoms with E-state index in [-0.39, 0.29) is 42.1 Å². The lowest BCUT2D eigenvalue weighted by Crippen LogP contribution is -2.45. The van der Waals surface area contributed by atoms with E-state index >= 15 is 0 Å². The number of hydrogen-bond donors (Lipinski definition) is 2. The molecule has 1 atom stereocenters. The molecule has 0 radical (unpaired) electrons. The molecule has 2 aliphatic rings. The van der Waals surface area contributed by atoms with Gasteiger partial charge in [-0.3, -0.25) is 9.48 Å². The summed E-state index contributed by atoms with van der Waals surface area (Å²) in [6.07, 6.45) is 0.485. The maximum Gasteiger partial charge on any atom is 0.322 e. The van der Waals surface area contributed by atoms with Crippen molar-refractivity contribution in [3.8, 4) is 0 Å². The summed E-state index contributed by atoms with van der Waals surface area (Å²) in [6, 6.07) is 3.73. The van der Waals surface area contributed by atoms with E-state index in [9.17, 15) is 19.1 Å². The number of anilines is 1. The average Bonchev–Trinajstić information content (AvgIpc) is 2.99. The highest BCUT2D eigenvalue weighted by Gasteiger charge is 2.36. The Labute approximate surface area is 180 Å². The SMILES string of the molecule is CC1Cc2nn3c(c2CN1C(=O)Nc1ccc(F)c(Br)c1)C(=O)N(C)N=C(CO)C3. The number of aromatic nitrogens is 2. The van der Waals surface area contributed by atoms with Crippen LogP contribution in [0.1, 0.15) is 28.7 Å². The standard InChI is InChI=1S/C19H20BrFN6O3/c1-10-5-16-13(17-18(29)25(2)23-12(9-28)7-27(17)24-16)8-26(10)19(30)22-11-3-4-15(21)14(20)6-11/h3-4,6,10,28H,5,7-9H2,1-2H3,(H,22,30). The molecule has 0 saturated heterocycles. The summed E-state index contributed by atoms with van der Waals surface area (Å²) in [5.41, 5.74) is 2.68. The summed E-state index contributed by atoms with van der Waals surface area (Å²) in [4.78, 5) is 27.4. The van der Waals surface area contributed by atoms with Crippen LogP contribution in [0.25, 0.3) is 0 Å². The van der Waals surface area contributed by atoms with Gasteiger partial charge in [0, 0.05) is 30.8 Å². The fraction of sp³-hybridized carbons (Fsp3) is 0.368. The van der Waals surface area contributed by atoms with Crippen molar-refractivity contribution in [1.82, 2.24) is 19.7 Å². The van der Waals surface area contributed by atoms with E-state index in [1.165, 1.54) is 30.3 Å². The molecule has 9 nitrogen and oxygen atoms in total. The molecular formula is C19H20BrFN6O3. The molecular weight excluding hydrogens is 459 g/mol. The van der Waals surface area contributed by atoms with Crippen LogP contribution in [0.3, 0.4) is 0 Å². The van der Waals surface area contributed by atoms with Gasteiger partial charge < -0.3 is 15.3 Å². The molecule has 0 spiro atoms. The predicted octanol–water partition coefficient (Wildman–Crippen LogP) is 2.20. The van der Waals surface area contributed by atoms with Gasteiger partial charge in [0.05, 0.1) is 35.6 Å². The molecule has 0 bridgehead atoms. The van der Waals surface area contributed by atoms with E-state index in [1.807, 2.05) is 6.92 Å². The van der Waals surface area contributed by atoms with E-state index in [0.717, 1.165) is 5.69 Å². The number of hydrogen-bond acceptors (Lipinski definition) is 5. The number of amides is 3. The van der Waals surface area contributed by atoms with Crippen molar-refractivity contribution < 1.29 is 19.1 Å². The van der Waals surface area contributed by atoms with Crippen molar-refractivity contribution in [1.29, 1.82) is 0 Å². The normalized spacial score (nSPS) is 18.5. The van der Waals surface area contributed by atoms with Crippen LogP contribution in [-0.2, 0) is 19.5 Å². The van der Waals surface area contributed by atoms with Crippen LogP contribution in [0.2, 0.25) is 0 Å². The van der Waals surface area contributed by atoms with E-state index < -0.39 is 5.82 Å². The number of carbonyl (C=O) groups excluding carboxylic acids is 2. The number of rotatable bonds is 2. The first-order valence-electron chi connectivity index (χ1n) is 9.35. The highest BCUT2D eigenvalue weighted by molar-refractivity contribution is 9.10. The smallest absolute Gasteiger partial charge is 0.322 e. The number of nitrogens with zero attached hydrogens (tertiary/aromatic N) is 5. The van der Waals surface area contributed by atoms with Gasteiger partial charge in [0.1, 0.15) is 11.5 Å². The van der Waals surface area contributed by atoms with Crippen molar-refractivity contribution in [2.75, 3.05) is 19.0 Å². The second-order valence-corrected chi connectivity index (χ2v) is 8.18. The van der Waals surface area contributed by atoms with Crippen LogP contribution in [0.5, 0.6) is 0 Å². The third kappa shape index (κ3) is 3.58. The largest absolute Gasteiger partial charge is 0.390 e. The van der Waals surface area contributed by atoms with Crippen molar-refractivity contribution in [3.05, 3.63) is 45.4 Å². The lowest BCUT2D eigenvalue weighted by Gasteiger charge is -2.33. The zero-order valence-corrected chi connectivity index (χ0v) is 18.0. The molecule has 2 aromatic rings. The molecule has 3 heterocycles. The Hall–Kier alpha value is -2.79. The van der Waals surface area contributed by atoms with Crippen LogP contribution in [0.15, 0.2) is 27.8 Å². The Kier molecular flexibility index (Phi) is 5.33. The summed E-state index contributed by atoms with van der Waals surface area (Å²) in [6.45, 7) is 2.04. The van der Waals surface area contributed by atoms with Crippen LogP contribution >= 0.6 is 15.9 Å². The Morgan fingerprint density at radius 1 is 1.40 bits per heavy atom. The third-order valence-electron chi connectivity index (χ3n) is 5.22. The lowest BCUT2D eigenvalue weighted by molar-refractivity contribution is 0.0789. The van der Waals surface area contributed by atoms with Crippen molar-refractivity contribution in [3.63, 3.8) is 0 Å². The fourth-order valence-corrected chi connectivity index (χ4v) is 4.07. The summed E-state index contributed by atoms with van der Waals surface area (Å²) >= 11 is 3.11. The molecule has 0 aliphatic carbocycles. The molecule has 1 aromatic carbocycles. The van der Waals surface area contributed by atoms with Crippen LogP contribution in [0.4, 0.5) is 14.9 Å². The molecule has 0 saturated carbocycles. The summed E-state index contributed by atoms with van der Waals surface area (Å²) < 4.78 is 15.3. The van der Waals surface area contributed by atoms with Gasteiger partial charge in [-0.1, -0.05) is 0 Å². The first-order valence-corrected chi connectivity index (χ1v) is 10.1. The molecule has 4 rings (SSSR count). The second-order valence-electron chi connectivity index (χ2n) is 7.32. The van der Waals surface area contributed by atoms with Crippen molar-refractivity contribution in [2.45, 2.75) is 32.5 Å². The summed E-state index contributed by atoms with van der Waals surface area (Å²) in [7, 11) is 1.52. The van der Waals surface area contributed by atoms with Crippen LogP contribution < -0.4 is 5.32 Å². The Morgan fingerprint density at radius 3 is 2.87 bits per heavy atom. The number of nitrogens with one attached hydrogen (secondary N) is 1. The van der Waals surface area contributed by atoms with Crippen LogP contribution in [-0.4, -0.2) is 62.1 Å². The number of halogens is 2. The fourth-order valence-electron chi connectivity index (χ4n) is 3.69. The zero-order valence-electron chi connectivity index (χ0n) is 16.4. The number of urea groups is 1. The Bertz CT molecular complexity index is 1070. The molecule has 1 aromatic heterocycles. The van der Waals surface area contributed by atoms with E-state index in [4.69, 9.17) is 0 Å². The number of hydrazone groups is 1. The molecule has 2 aliphatic heterocycles. The summed E-state index contributed by atoms with van der Waals surface area (Å²) in [5.74, 6) is -0.761. The number of fused-ring (bicyclic) bond motifs is 3. The molecule has 11 heteroatoms. The number of aliphatic hydroxyl groups is 1. The summed E-state index contributed by atoms with van der Waals surface area (Å²) in [5, 5.41) is 22.1. The molecule has 2 N–H and O–H groups in total. The average molecular weight is 479 g/mol. The topological polar surface area (TPSA) is 103 Å². The van der Waals surface area contributed by atoms with Gasteiger partial charge in [0.2, 0.25) is 0 Å². The van der Waals surface area contributed by atoms with Gasteiger partial charge >= 0.3 is 6.03 Å². The molecule has 0 fully saturated rings. The highest BCUT2D eigenvalue weighted by Crippen LogP contribution is 2.29. The Balaban J connectivity index is 1.62. The number of carbonyl (C=O) groups is 2. The zero-order chi connectivity index (χ0) is 21.6. The van der Waals surface area contributed by atoms with Gasteiger partial charge in [0.25, 0.3) is 5.91 Å². The highest BCUT2D eigenvalue weighted by atomic mass is 79.9. The van der Waals surface area contributed by atoms with Gasteiger partial charge in [-0.15, -0.1) is 0 Å². The van der Waals surface area contributed by atoms with Crippen LogP contribution in [0, 0.1) is 5.82 Å². The minimum atomic E-state index is -0.418. The van der Waals surface area contributed by atoms with Crippen molar-refractivity contribution in [2.24, 2.45) is 5.10 Å². The van der Waals surface area contributed by atoms with Gasteiger partial charge in [-0.2, -0.15) is 10.2 Å². The molecule has 30 heavy (non-hydrogen) atoms. The molecule has 158 valence electrons. The second kappa shape index (κ2) is 7.80. The third-order valence-corrected chi connectivity index (χ3v) is 5.83. The van der Waals surface area contributed by atoms with E-state index in [1.54, 1.807) is 9.58 Å². The van der Waals surface area contributed by atoms with Gasteiger partial charge in [-0.25, -0.2) is 14.2 Å². The number of aliphatic hydroxyl groups excluding tert-OH is 1. The quantitative estimate of drug-likeness (QED) is 0.690. The lowest BCUT2D eigenvalue weighted by atomic mass is 9.99. The first kappa shape index (κ1) is 20.5.